The van der Waals surface area contributed by atoms with E-state index in [9.17, 15) is 4.79 Å². The van der Waals surface area contributed by atoms with Crippen molar-refractivity contribution in [2.24, 2.45) is 5.92 Å². The lowest BCUT2D eigenvalue weighted by Gasteiger charge is -2.34. The third kappa shape index (κ3) is 4.92. The van der Waals surface area contributed by atoms with Gasteiger partial charge in [0.1, 0.15) is 0 Å². The topological polar surface area (TPSA) is 48.5 Å². The number of nitrogens with one attached hydrogen (secondary N) is 1. The van der Waals surface area contributed by atoms with Crippen molar-refractivity contribution >= 4 is 32.6 Å². The highest BCUT2D eigenvalue weighted by Gasteiger charge is 2.26. The van der Waals surface area contributed by atoms with Gasteiger partial charge in [0.05, 0.1) is 10.2 Å². The first kappa shape index (κ1) is 20.6. The molecule has 6 heteroatoms. The first-order valence-corrected chi connectivity index (χ1v) is 12.1. The van der Waals surface area contributed by atoms with Crippen LogP contribution in [0.2, 0.25) is 0 Å². The molecule has 2 saturated heterocycles. The van der Waals surface area contributed by atoms with Gasteiger partial charge in [0.2, 0.25) is 5.91 Å². The highest BCUT2D eigenvalue weighted by atomic mass is 32.1. The minimum Gasteiger partial charge on any atom is -0.355 e. The Morgan fingerprint density at radius 3 is 2.79 bits per heavy atom. The van der Waals surface area contributed by atoms with Crippen LogP contribution in [-0.2, 0) is 11.2 Å². The number of carbonyl (C=O) groups is 1. The van der Waals surface area contributed by atoms with E-state index in [0.717, 1.165) is 56.1 Å². The third-order valence-electron chi connectivity index (χ3n) is 6.62. The van der Waals surface area contributed by atoms with Crippen LogP contribution in [0.25, 0.3) is 10.2 Å². The lowest BCUT2D eigenvalue weighted by atomic mass is 9.96. The lowest BCUT2D eigenvalue weighted by molar-refractivity contribution is -0.125. The normalized spacial score (nSPS) is 21.6. The van der Waals surface area contributed by atoms with Gasteiger partial charge in [-0.3, -0.25) is 9.69 Å². The van der Waals surface area contributed by atoms with E-state index in [1.807, 2.05) is 0 Å². The van der Waals surface area contributed by atoms with Crippen LogP contribution in [0.5, 0.6) is 0 Å². The number of thiazole rings is 1. The molecule has 0 aliphatic carbocycles. The van der Waals surface area contributed by atoms with Gasteiger partial charge in [-0.25, -0.2) is 4.98 Å². The fraction of sp³-hybridized carbons (Fsp3) is 0.652. The van der Waals surface area contributed by atoms with Gasteiger partial charge in [0.25, 0.3) is 0 Å². The molecule has 0 bridgehead atoms. The molecule has 2 aliphatic rings. The fourth-order valence-electron chi connectivity index (χ4n) is 4.60. The minimum absolute atomic E-state index is 0.145. The number of rotatable bonds is 6. The van der Waals surface area contributed by atoms with Gasteiger partial charge in [0, 0.05) is 38.1 Å². The van der Waals surface area contributed by atoms with E-state index < -0.39 is 0 Å². The molecule has 5 nitrogen and oxygen atoms in total. The van der Waals surface area contributed by atoms with E-state index in [1.54, 1.807) is 11.3 Å². The van der Waals surface area contributed by atoms with E-state index in [2.05, 4.69) is 47.2 Å². The van der Waals surface area contributed by atoms with Crippen LogP contribution in [-0.4, -0.2) is 54.6 Å². The number of fused-ring (bicyclic) bond motifs is 1. The van der Waals surface area contributed by atoms with Gasteiger partial charge in [-0.1, -0.05) is 30.7 Å². The van der Waals surface area contributed by atoms with Crippen molar-refractivity contribution < 1.29 is 4.79 Å². The summed E-state index contributed by atoms with van der Waals surface area (Å²) < 4.78 is 1.27. The first-order valence-electron chi connectivity index (χ1n) is 11.3. The molecule has 3 heterocycles. The number of hydrogen-bond acceptors (Lipinski definition) is 5. The summed E-state index contributed by atoms with van der Waals surface area (Å²) >= 11 is 1.78. The van der Waals surface area contributed by atoms with E-state index in [1.165, 1.54) is 36.1 Å². The number of benzene rings is 1. The zero-order valence-corrected chi connectivity index (χ0v) is 18.6. The molecule has 0 saturated carbocycles. The Balaban J connectivity index is 1.25. The maximum absolute atomic E-state index is 12.6. The number of piperidine rings is 2. The molecular formula is C23H34N4OS. The molecule has 4 rings (SSSR count). The zero-order valence-electron chi connectivity index (χ0n) is 17.8. The van der Waals surface area contributed by atoms with Gasteiger partial charge in [-0.2, -0.15) is 0 Å². The Morgan fingerprint density at radius 1 is 1.21 bits per heavy atom. The summed E-state index contributed by atoms with van der Waals surface area (Å²) in [6.07, 6.45) is 6.82. The van der Waals surface area contributed by atoms with E-state index in [4.69, 9.17) is 4.98 Å². The molecule has 1 amide bonds. The van der Waals surface area contributed by atoms with Gasteiger partial charge in [0.15, 0.2) is 5.13 Å². The summed E-state index contributed by atoms with van der Waals surface area (Å²) in [7, 11) is 0. The Labute approximate surface area is 178 Å². The monoisotopic (exact) mass is 414 g/mol. The second-order valence-corrected chi connectivity index (χ2v) is 9.59. The van der Waals surface area contributed by atoms with Gasteiger partial charge in [-0.15, -0.1) is 0 Å². The number of anilines is 1. The molecule has 1 N–H and O–H groups in total. The Hall–Kier alpha value is -1.66. The van der Waals surface area contributed by atoms with Crippen molar-refractivity contribution in [1.82, 2.24) is 15.2 Å². The Kier molecular flexibility index (Phi) is 6.70. The number of hydrogen-bond donors (Lipinski definition) is 1. The van der Waals surface area contributed by atoms with Crippen LogP contribution >= 0.6 is 11.3 Å². The minimum atomic E-state index is 0.145. The molecule has 1 aromatic carbocycles. The summed E-state index contributed by atoms with van der Waals surface area (Å²) in [5, 5.41) is 4.30. The smallest absolute Gasteiger partial charge is 0.223 e. The molecule has 2 aromatic rings. The second kappa shape index (κ2) is 9.43. The molecule has 158 valence electrons. The molecular weight excluding hydrogens is 380 g/mol. The predicted molar refractivity (Wildman–Crippen MR) is 122 cm³/mol. The highest BCUT2D eigenvalue weighted by molar-refractivity contribution is 7.22. The molecule has 1 aromatic heterocycles. The van der Waals surface area contributed by atoms with Crippen LogP contribution in [0.1, 0.15) is 51.5 Å². The SMILES string of the molecule is CCc1ccc2nc(N3CCC(C(=O)NCCN4CCCCC4C)CC3)sc2c1. The van der Waals surface area contributed by atoms with Crippen LogP contribution in [0.4, 0.5) is 5.13 Å². The van der Waals surface area contributed by atoms with Crippen molar-refractivity contribution in [3.05, 3.63) is 23.8 Å². The van der Waals surface area contributed by atoms with Gasteiger partial charge in [-0.05, 0) is 63.3 Å². The summed E-state index contributed by atoms with van der Waals surface area (Å²) in [6.45, 7) is 9.27. The summed E-state index contributed by atoms with van der Waals surface area (Å²) in [4.78, 5) is 22.3. The molecule has 1 atom stereocenters. The molecule has 2 fully saturated rings. The number of amides is 1. The standard InChI is InChI=1S/C23H34N4OS/c1-3-18-7-8-20-21(16-18)29-23(25-20)27-13-9-19(10-14-27)22(28)24-11-15-26-12-5-4-6-17(26)2/h7-8,16-17,19H,3-6,9-15H2,1-2H3,(H,24,28). The lowest BCUT2D eigenvalue weighted by Crippen LogP contribution is -2.45. The second-order valence-electron chi connectivity index (χ2n) is 8.59. The zero-order chi connectivity index (χ0) is 20.2. The Morgan fingerprint density at radius 2 is 2.03 bits per heavy atom. The van der Waals surface area contributed by atoms with Gasteiger partial charge < -0.3 is 10.2 Å². The molecule has 1 unspecified atom stereocenters. The van der Waals surface area contributed by atoms with E-state index in [0.29, 0.717) is 6.04 Å². The van der Waals surface area contributed by atoms with Crippen LogP contribution < -0.4 is 10.2 Å². The highest BCUT2D eigenvalue weighted by Crippen LogP contribution is 2.32. The number of nitrogens with zero attached hydrogens (tertiary/aromatic N) is 3. The molecule has 0 spiro atoms. The van der Waals surface area contributed by atoms with E-state index >= 15 is 0 Å². The summed E-state index contributed by atoms with van der Waals surface area (Å²) in [5.74, 6) is 0.386. The number of aryl methyl sites for hydroxylation is 1. The number of carbonyl (C=O) groups excluding carboxylic acids is 1. The van der Waals surface area contributed by atoms with Crippen molar-refractivity contribution in [2.45, 2.75) is 58.4 Å². The van der Waals surface area contributed by atoms with Crippen molar-refractivity contribution in [3.63, 3.8) is 0 Å². The summed E-state index contributed by atoms with van der Waals surface area (Å²) in [5.41, 5.74) is 2.45. The van der Waals surface area contributed by atoms with Crippen molar-refractivity contribution in [1.29, 1.82) is 0 Å². The quantitative estimate of drug-likeness (QED) is 0.774. The van der Waals surface area contributed by atoms with Crippen LogP contribution in [0.15, 0.2) is 18.2 Å². The van der Waals surface area contributed by atoms with E-state index in [-0.39, 0.29) is 11.8 Å². The number of likely N-dealkylation sites (tertiary alicyclic amines) is 1. The average Bonchev–Trinajstić information content (AvgIpc) is 3.18. The largest absolute Gasteiger partial charge is 0.355 e. The van der Waals surface area contributed by atoms with Crippen LogP contribution in [0.3, 0.4) is 0 Å². The average molecular weight is 415 g/mol. The first-order chi connectivity index (χ1) is 14.1. The van der Waals surface area contributed by atoms with Crippen molar-refractivity contribution in [2.75, 3.05) is 37.6 Å². The maximum atomic E-state index is 12.6. The summed E-state index contributed by atoms with van der Waals surface area (Å²) in [6, 6.07) is 7.23. The van der Waals surface area contributed by atoms with Crippen molar-refractivity contribution in [3.8, 4) is 0 Å². The number of aromatic nitrogens is 1. The molecule has 29 heavy (non-hydrogen) atoms. The van der Waals surface area contributed by atoms with Crippen LogP contribution in [0, 0.1) is 5.92 Å². The molecule has 2 aliphatic heterocycles. The third-order valence-corrected chi connectivity index (χ3v) is 7.70. The van der Waals surface area contributed by atoms with Gasteiger partial charge >= 0.3 is 0 Å². The molecule has 0 radical (unpaired) electrons. The maximum Gasteiger partial charge on any atom is 0.223 e. The predicted octanol–water partition coefficient (Wildman–Crippen LogP) is 4.07. The Bertz CT molecular complexity index is 827. The fourth-order valence-corrected chi connectivity index (χ4v) is 5.68.